The fourth-order valence-electron chi connectivity index (χ4n) is 5.02. The van der Waals surface area contributed by atoms with Crippen molar-refractivity contribution in [1.29, 1.82) is 0 Å². The lowest BCUT2D eigenvalue weighted by Crippen LogP contribution is -2.45. The maximum absolute atomic E-state index is 13.3. The highest BCUT2D eigenvalue weighted by Crippen LogP contribution is 2.41. The number of hydrogen-bond acceptors (Lipinski definition) is 4. The van der Waals surface area contributed by atoms with E-state index in [-0.39, 0.29) is 29.3 Å². The van der Waals surface area contributed by atoms with Gasteiger partial charge in [-0.15, -0.1) is 0 Å². The minimum Gasteiger partial charge on any atom is -0.491 e. The van der Waals surface area contributed by atoms with Crippen molar-refractivity contribution in [2.45, 2.75) is 106 Å². The number of ether oxygens (including phenoxy) is 1. The summed E-state index contributed by atoms with van der Waals surface area (Å²) in [6.07, 6.45) is 1.72. The Balaban J connectivity index is 2.45. The summed E-state index contributed by atoms with van der Waals surface area (Å²) in [4.78, 5) is 25.1. The largest absolute Gasteiger partial charge is 0.491 e. The van der Waals surface area contributed by atoms with Gasteiger partial charge in [0.25, 0.3) is 5.91 Å². The zero-order chi connectivity index (χ0) is 28.8. The van der Waals surface area contributed by atoms with Crippen LogP contribution in [0.1, 0.15) is 102 Å². The number of aliphatic carboxylic acids is 1. The number of amides is 1. The molecule has 0 aliphatic heterocycles. The number of hydrogen-bond donors (Lipinski definition) is 3. The van der Waals surface area contributed by atoms with Crippen LogP contribution in [0.15, 0.2) is 30.3 Å². The molecule has 1 unspecified atom stereocenters. The Morgan fingerprint density at radius 3 is 2.16 bits per heavy atom. The van der Waals surface area contributed by atoms with Crippen LogP contribution >= 0.6 is 0 Å². The summed E-state index contributed by atoms with van der Waals surface area (Å²) in [7, 11) is 0. The zero-order valence-corrected chi connectivity index (χ0v) is 24.7. The lowest BCUT2D eigenvalue weighted by molar-refractivity contribution is -0.140. The van der Waals surface area contributed by atoms with Crippen molar-refractivity contribution in [2.24, 2.45) is 11.3 Å². The molecule has 0 spiro atoms. The number of nitrogens with zero attached hydrogens (tertiary/aromatic N) is 1. The van der Waals surface area contributed by atoms with Crippen LogP contribution in [0, 0.1) is 18.3 Å². The highest BCUT2D eigenvalue weighted by molar-refractivity contribution is 5.95. The summed E-state index contributed by atoms with van der Waals surface area (Å²) in [6.45, 7) is 18.8. The number of carboxylic acid groups (broad SMARTS) is 1. The number of nitrogens with one attached hydrogen (secondary N) is 1. The normalized spacial score (nSPS) is 14.6. The highest BCUT2D eigenvalue weighted by Gasteiger charge is 2.36. The predicted molar refractivity (Wildman–Crippen MR) is 152 cm³/mol. The quantitative estimate of drug-likeness (QED) is 0.299. The summed E-state index contributed by atoms with van der Waals surface area (Å²) < 4.78 is 7.99. The number of aliphatic hydroxyl groups is 1. The third-order valence-electron chi connectivity index (χ3n) is 8.12. The molecule has 7 nitrogen and oxygen atoms in total. The van der Waals surface area contributed by atoms with Gasteiger partial charge < -0.3 is 24.8 Å². The van der Waals surface area contributed by atoms with Crippen LogP contribution in [-0.2, 0) is 16.8 Å². The van der Waals surface area contributed by atoms with Gasteiger partial charge in [0.15, 0.2) is 0 Å². The SMILES string of the molecule is CC[C@@H](C)[C@H](NC(=O)c1ccc(C(CC)(CC)c2ccc(OCC(O)C(C)(C)C)c(C)c2)n1CC)C(=O)O. The van der Waals surface area contributed by atoms with E-state index in [2.05, 4.69) is 31.3 Å². The van der Waals surface area contributed by atoms with E-state index in [1.807, 2.05) is 71.2 Å². The molecule has 2 aromatic rings. The fourth-order valence-corrected chi connectivity index (χ4v) is 5.02. The van der Waals surface area contributed by atoms with Gasteiger partial charge >= 0.3 is 5.97 Å². The lowest BCUT2D eigenvalue weighted by Gasteiger charge is -2.35. The molecule has 0 radical (unpaired) electrons. The number of rotatable bonds is 13. The van der Waals surface area contributed by atoms with Gasteiger partial charge in [0.2, 0.25) is 0 Å². The van der Waals surface area contributed by atoms with E-state index >= 15 is 0 Å². The monoisotopic (exact) mass is 528 g/mol. The van der Waals surface area contributed by atoms with Crippen LogP contribution in [0.3, 0.4) is 0 Å². The van der Waals surface area contributed by atoms with E-state index in [9.17, 15) is 19.8 Å². The summed E-state index contributed by atoms with van der Waals surface area (Å²) >= 11 is 0. The first-order valence-corrected chi connectivity index (χ1v) is 13.9. The molecule has 0 aliphatic rings. The second kappa shape index (κ2) is 12.8. The molecule has 0 bridgehead atoms. The van der Waals surface area contributed by atoms with Crippen LogP contribution in [0.5, 0.6) is 5.75 Å². The molecular weight excluding hydrogens is 480 g/mol. The third-order valence-corrected chi connectivity index (χ3v) is 8.12. The molecule has 1 aromatic carbocycles. The molecule has 38 heavy (non-hydrogen) atoms. The van der Waals surface area contributed by atoms with Crippen molar-refractivity contribution in [1.82, 2.24) is 9.88 Å². The molecule has 1 heterocycles. The predicted octanol–water partition coefficient (Wildman–Crippen LogP) is 5.94. The fraction of sp³-hybridized carbons (Fsp3) is 0.613. The van der Waals surface area contributed by atoms with Crippen LogP contribution in [0.25, 0.3) is 0 Å². The van der Waals surface area contributed by atoms with Gasteiger partial charge in [0.1, 0.15) is 24.1 Å². The maximum atomic E-state index is 13.3. The van der Waals surface area contributed by atoms with Gasteiger partial charge in [-0.05, 0) is 67.3 Å². The van der Waals surface area contributed by atoms with Crippen molar-refractivity contribution < 1.29 is 24.5 Å². The molecule has 2 rings (SSSR count). The number of carboxylic acids is 1. The number of benzene rings is 1. The Morgan fingerprint density at radius 1 is 1.05 bits per heavy atom. The van der Waals surface area contributed by atoms with E-state index in [4.69, 9.17) is 4.74 Å². The van der Waals surface area contributed by atoms with Gasteiger partial charge in [-0.3, -0.25) is 4.79 Å². The average molecular weight is 529 g/mol. The van der Waals surface area contributed by atoms with Crippen LogP contribution in [-0.4, -0.2) is 45.4 Å². The third kappa shape index (κ3) is 6.60. The van der Waals surface area contributed by atoms with E-state index in [0.717, 1.165) is 35.4 Å². The Bertz CT molecular complexity index is 1090. The van der Waals surface area contributed by atoms with Crippen molar-refractivity contribution in [3.05, 3.63) is 52.8 Å². The molecule has 3 atom stereocenters. The minimum atomic E-state index is -1.02. The van der Waals surface area contributed by atoms with Crippen molar-refractivity contribution >= 4 is 11.9 Å². The Labute approximate surface area is 228 Å². The van der Waals surface area contributed by atoms with E-state index in [1.54, 1.807) is 0 Å². The smallest absolute Gasteiger partial charge is 0.326 e. The first kappa shape index (κ1) is 31.4. The maximum Gasteiger partial charge on any atom is 0.326 e. The number of aromatic nitrogens is 1. The van der Waals surface area contributed by atoms with Crippen LogP contribution in [0.4, 0.5) is 0 Å². The Hall–Kier alpha value is -2.80. The first-order valence-electron chi connectivity index (χ1n) is 13.9. The molecule has 1 aromatic heterocycles. The zero-order valence-electron chi connectivity index (χ0n) is 24.7. The van der Waals surface area contributed by atoms with E-state index < -0.39 is 18.1 Å². The van der Waals surface area contributed by atoms with Gasteiger partial charge in [0.05, 0.1) is 6.10 Å². The van der Waals surface area contributed by atoms with Crippen molar-refractivity contribution in [3.63, 3.8) is 0 Å². The molecular formula is C31H48N2O5. The molecule has 212 valence electrons. The Morgan fingerprint density at radius 2 is 1.68 bits per heavy atom. The molecule has 1 amide bonds. The van der Waals surface area contributed by atoms with Crippen molar-refractivity contribution in [2.75, 3.05) is 6.61 Å². The summed E-state index contributed by atoms with van der Waals surface area (Å²) in [6, 6.07) is 9.06. The standard InChI is InChI=1S/C31H48N2O5/c1-10-20(5)27(29(36)37)32-28(35)23-15-17-25(33(23)13-4)31(11-2,12-3)22-14-16-24(21(6)18-22)38-19-26(34)30(7,8)9/h14-18,20,26-27,34H,10-13,19H2,1-9H3,(H,32,35)(H,36,37)/t20-,26?,27+/m1/s1. The highest BCUT2D eigenvalue weighted by atomic mass is 16.5. The lowest BCUT2D eigenvalue weighted by atomic mass is 9.72. The summed E-state index contributed by atoms with van der Waals surface area (Å²) in [5.74, 6) is -0.829. The number of aliphatic hydroxyl groups excluding tert-OH is 1. The first-order chi connectivity index (χ1) is 17.8. The molecule has 0 saturated carbocycles. The Kier molecular flexibility index (Phi) is 10.6. The summed E-state index contributed by atoms with van der Waals surface area (Å²) in [5.41, 5.74) is 3.01. The number of carbonyl (C=O) groups is 2. The molecule has 3 N–H and O–H groups in total. The van der Waals surface area contributed by atoms with Crippen LogP contribution in [0.2, 0.25) is 0 Å². The van der Waals surface area contributed by atoms with E-state index in [1.165, 1.54) is 0 Å². The average Bonchev–Trinajstić information content (AvgIpc) is 3.31. The number of aryl methyl sites for hydroxylation is 1. The van der Waals surface area contributed by atoms with Gasteiger partial charge in [-0.25, -0.2) is 4.79 Å². The molecule has 0 aliphatic carbocycles. The van der Waals surface area contributed by atoms with E-state index in [0.29, 0.717) is 18.7 Å². The van der Waals surface area contributed by atoms with Crippen LogP contribution < -0.4 is 10.1 Å². The van der Waals surface area contributed by atoms with Crippen molar-refractivity contribution in [3.8, 4) is 5.75 Å². The van der Waals surface area contributed by atoms with Gasteiger partial charge in [0, 0.05) is 17.7 Å². The van der Waals surface area contributed by atoms with Gasteiger partial charge in [-0.2, -0.15) is 0 Å². The summed E-state index contributed by atoms with van der Waals surface area (Å²) in [5, 5.41) is 22.8. The minimum absolute atomic E-state index is 0.181. The topological polar surface area (TPSA) is 101 Å². The molecule has 0 saturated heterocycles. The van der Waals surface area contributed by atoms with Gasteiger partial charge in [-0.1, -0.05) is 67.0 Å². The second-order valence-corrected chi connectivity index (χ2v) is 11.5. The molecule has 0 fully saturated rings. The molecule has 7 heteroatoms. The second-order valence-electron chi connectivity index (χ2n) is 11.5. The number of carbonyl (C=O) groups excluding carboxylic acids is 1.